The molecule has 1 saturated heterocycles. The summed E-state index contributed by atoms with van der Waals surface area (Å²) in [6, 6.07) is 0. The van der Waals surface area contributed by atoms with E-state index in [1.165, 1.54) is 9.80 Å². The molecule has 0 bridgehead atoms. The Kier molecular flexibility index (Phi) is 1.61. The highest BCUT2D eigenvalue weighted by Crippen LogP contribution is 1.98. The molecule has 0 radical (unpaired) electrons. The standard InChI is InChI=1S/C6H10N2O2/c1-7-3-4-8(2)6(10)5(7)9/h3-4H2,1-2H3. The molecule has 0 N–H and O–H groups in total. The lowest BCUT2D eigenvalue weighted by atomic mass is 10.3. The van der Waals surface area contributed by atoms with Gasteiger partial charge in [0, 0.05) is 27.2 Å². The number of hydrogen-bond donors (Lipinski definition) is 0. The molecule has 1 heterocycles. The van der Waals surface area contributed by atoms with Crippen LogP contribution >= 0.6 is 0 Å². The lowest BCUT2D eigenvalue weighted by molar-refractivity contribution is -0.153. The molecule has 1 fully saturated rings. The van der Waals surface area contributed by atoms with Gasteiger partial charge in [0.15, 0.2) is 0 Å². The third-order valence-electron chi connectivity index (χ3n) is 1.65. The Hall–Kier alpha value is -1.06. The van der Waals surface area contributed by atoms with Gasteiger partial charge in [0.25, 0.3) is 0 Å². The maximum atomic E-state index is 10.9. The first-order valence-electron chi connectivity index (χ1n) is 3.13. The molecular formula is C6H10N2O2. The fourth-order valence-electron chi connectivity index (χ4n) is 0.830. The minimum absolute atomic E-state index is 0.409. The van der Waals surface area contributed by atoms with Gasteiger partial charge in [-0.05, 0) is 0 Å². The summed E-state index contributed by atoms with van der Waals surface area (Å²) in [5.41, 5.74) is 0. The van der Waals surface area contributed by atoms with Gasteiger partial charge in [0.05, 0.1) is 0 Å². The molecule has 0 aromatic carbocycles. The van der Waals surface area contributed by atoms with E-state index in [9.17, 15) is 9.59 Å². The summed E-state index contributed by atoms with van der Waals surface area (Å²) in [7, 11) is 3.26. The molecule has 0 aromatic rings. The minimum Gasteiger partial charge on any atom is -0.336 e. The van der Waals surface area contributed by atoms with Crippen LogP contribution in [-0.2, 0) is 9.59 Å². The quantitative estimate of drug-likeness (QED) is 0.403. The Balaban J connectivity index is 2.70. The van der Waals surface area contributed by atoms with Gasteiger partial charge in [-0.3, -0.25) is 9.59 Å². The van der Waals surface area contributed by atoms with Crippen LogP contribution in [0.2, 0.25) is 0 Å². The summed E-state index contributed by atoms with van der Waals surface area (Å²) < 4.78 is 0. The van der Waals surface area contributed by atoms with Crippen molar-refractivity contribution in [2.24, 2.45) is 0 Å². The van der Waals surface area contributed by atoms with Crippen molar-refractivity contribution < 1.29 is 9.59 Å². The van der Waals surface area contributed by atoms with Crippen LogP contribution in [-0.4, -0.2) is 48.8 Å². The maximum Gasteiger partial charge on any atom is 0.311 e. The third kappa shape index (κ3) is 0.964. The molecular weight excluding hydrogens is 132 g/mol. The van der Waals surface area contributed by atoms with E-state index in [0.29, 0.717) is 13.1 Å². The number of rotatable bonds is 0. The summed E-state index contributed by atoms with van der Waals surface area (Å²) in [6.07, 6.45) is 0. The van der Waals surface area contributed by atoms with E-state index in [2.05, 4.69) is 0 Å². The van der Waals surface area contributed by atoms with Crippen LogP contribution in [0.25, 0.3) is 0 Å². The van der Waals surface area contributed by atoms with Crippen molar-refractivity contribution >= 4 is 11.8 Å². The maximum absolute atomic E-state index is 10.9. The zero-order valence-corrected chi connectivity index (χ0v) is 6.13. The Morgan fingerprint density at radius 2 is 1.30 bits per heavy atom. The SMILES string of the molecule is CN1CCN(C)C(=O)C1=O. The number of piperazine rings is 1. The van der Waals surface area contributed by atoms with Crippen LogP contribution in [0, 0.1) is 0 Å². The summed E-state index contributed by atoms with van der Waals surface area (Å²) >= 11 is 0. The first-order valence-corrected chi connectivity index (χ1v) is 3.13. The van der Waals surface area contributed by atoms with E-state index in [0.717, 1.165) is 0 Å². The summed E-state index contributed by atoms with van der Waals surface area (Å²) in [5, 5.41) is 0. The smallest absolute Gasteiger partial charge is 0.311 e. The van der Waals surface area contributed by atoms with E-state index >= 15 is 0 Å². The predicted octanol–water partition coefficient (Wildman–Crippen LogP) is -1.08. The van der Waals surface area contributed by atoms with E-state index in [4.69, 9.17) is 0 Å². The number of hydrogen-bond acceptors (Lipinski definition) is 2. The second-order valence-corrected chi connectivity index (χ2v) is 2.45. The van der Waals surface area contributed by atoms with Gasteiger partial charge in [-0.25, -0.2) is 0 Å². The molecule has 10 heavy (non-hydrogen) atoms. The Labute approximate surface area is 59.4 Å². The number of carbonyl (C=O) groups excluding carboxylic acids is 2. The first kappa shape index (κ1) is 7.05. The molecule has 4 nitrogen and oxygen atoms in total. The van der Waals surface area contributed by atoms with Crippen LogP contribution in [0.5, 0.6) is 0 Å². The van der Waals surface area contributed by atoms with E-state index in [-0.39, 0.29) is 0 Å². The molecule has 0 atom stereocenters. The van der Waals surface area contributed by atoms with Gasteiger partial charge < -0.3 is 9.80 Å². The highest BCUT2D eigenvalue weighted by Gasteiger charge is 2.26. The van der Waals surface area contributed by atoms with E-state index in [1.807, 2.05) is 0 Å². The second-order valence-electron chi connectivity index (χ2n) is 2.45. The highest BCUT2D eigenvalue weighted by atomic mass is 16.2. The predicted molar refractivity (Wildman–Crippen MR) is 35.3 cm³/mol. The monoisotopic (exact) mass is 142 g/mol. The summed E-state index contributed by atoms with van der Waals surface area (Å²) in [4.78, 5) is 24.6. The van der Waals surface area contributed by atoms with Crippen molar-refractivity contribution in [2.45, 2.75) is 0 Å². The van der Waals surface area contributed by atoms with Gasteiger partial charge in [0.1, 0.15) is 0 Å². The molecule has 4 heteroatoms. The molecule has 1 aliphatic rings. The fourth-order valence-corrected chi connectivity index (χ4v) is 0.830. The summed E-state index contributed by atoms with van der Waals surface area (Å²) in [5.74, 6) is -0.817. The van der Waals surface area contributed by atoms with Crippen molar-refractivity contribution in [2.75, 3.05) is 27.2 Å². The molecule has 0 aliphatic carbocycles. The molecule has 0 unspecified atom stereocenters. The number of amides is 2. The highest BCUT2D eigenvalue weighted by molar-refractivity contribution is 6.35. The Bertz CT molecular complexity index is 159. The lowest BCUT2D eigenvalue weighted by Gasteiger charge is -2.28. The van der Waals surface area contributed by atoms with Gasteiger partial charge in [-0.15, -0.1) is 0 Å². The molecule has 1 rings (SSSR count). The summed E-state index contributed by atoms with van der Waals surface area (Å²) in [6.45, 7) is 1.28. The number of likely N-dealkylation sites (N-methyl/N-ethyl adjacent to an activating group) is 2. The fraction of sp³-hybridized carbons (Fsp3) is 0.667. The van der Waals surface area contributed by atoms with Crippen molar-refractivity contribution in [3.63, 3.8) is 0 Å². The van der Waals surface area contributed by atoms with Gasteiger partial charge in [-0.2, -0.15) is 0 Å². The van der Waals surface area contributed by atoms with Gasteiger partial charge in [-0.1, -0.05) is 0 Å². The van der Waals surface area contributed by atoms with Crippen LogP contribution in [0.4, 0.5) is 0 Å². The molecule has 2 amide bonds. The number of nitrogens with zero attached hydrogens (tertiary/aromatic N) is 2. The molecule has 56 valence electrons. The van der Waals surface area contributed by atoms with E-state index in [1.54, 1.807) is 14.1 Å². The Morgan fingerprint density at radius 1 is 1.00 bits per heavy atom. The molecule has 0 aromatic heterocycles. The average molecular weight is 142 g/mol. The molecule has 1 aliphatic heterocycles. The third-order valence-corrected chi connectivity index (χ3v) is 1.65. The van der Waals surface area contributed by atoms with Crippen molar-refractivity contribution in [3.8, 4) is 0 Å². The lowest BCUT2D eigenvalue weighted by Crippen LogP contribution is -2.50. The van der Waals surface area contributed by atoms with Crippen molar-refractivity contribution in [3.05, 3.63) is 0 Å². The van der Waals surface area contributed by atoms with Gasteiger partial charge >= 0.3 is 11.8 Å². The zero-order chi connectivity index (χ0) is 7.72. The topological polar surface area (TPSA) is 40.6 Å². The minimum atomic E-state index is -0.409. The largest absolute Gasteiger partial charge is 0.336 e. The van der Waals surface area contributed by atoms with Crippen molar-refractivity contribution in [1.29, 1.82) is 0 Å². The average Bonchev–Trinajstić information content (AvgIpc) is 1.93. The molecule has 0 saturated carbocycles. The van der Waals surface area contributed by atoms with Gasteiger partial charge in [0.2, 0.25) is 0 Å². The first-order chi connectivity index (χ1) is 4.63. The second kappa shape index (κ2) is 2.28. The Morgan fingerprint density at radius 3 is 1.60 bits per heavy atom. The van der Waals surface area contributed by atoms with E-state index < -0.39 is 11.8 Å². The normalized spacial score (nSPS) is 20.2. The zero-order valence-electron chi connectivity index (χ0n) is 6.13. The van der Waals surface area contributed by atoms with Crippen LogP contribution < -0.4 is 0 Å². The van der Waals surface area contributed by atoms with Crippen LogP contribution in [0.3, 0.4) is 0 Å². The van der Waals surface area contributed by atoms with Crippen molar-refractivity contribution in [1.82, 2.24) is 9.80 Å². The van der Waals surface area contributed by atoms with Crippen LogP contribution in [0.15, 0.2) is 0 Å². The molecule has 0 spiro atoms. The van der Waals surface area contributed by atoms with Crippen LogP contribution in [0.1, 0.15) is 0 Å². The number of carbonyl (C=O) groups is 2.